The van der Waals surface area contributed by atoms with Gasteiger partial charge in [-0.1, -0.05) is 13.8 Å². The number of carboxylic acid groups (broad SMARTS) is 1. The number of H-pyrrole nitrogens is 1. The number of aromatic nitrogens is 3. The molecule has 5 aromatic rings. The van der Waals surface area contributed by atoms with E-state index in [9.17, 15) is 14.3 Å². The lowest BCUT2D eigenvalue weighted by molar-refractivity contribution is 0.0693. The van der Waals surface area contributed by atoms with E-state index in [1.807, 2.05) is 19.1 Å². The van der Waals surface area contributed by atoms with E-state index in [-0.39, 0.29) is 17.3 Å². The Kier molecular flexibility index (Phi) is 5.12. The molecule has 0 aliphatic heterocycles. The smallest absolute Gasteiger partial charge is 0.339 e. The fourth-order valence-electron chi connectivity index (χ4n) is 4.81. The van der Waals surface area contributed by atoms with Crippen LogP contribution in [0.3, 0.4) is 0 Å². The number of carboxylic acids is 1. The number of aryl methyl sites for hydroxylation is 1. The monoisotopic (exact) mass is 457 g/mol. The van der Waals surface area contributed by atoms with Gasteiger partial charge >= 0.3 is 5.97 Å². The van der Waals surface area contributed by atoms with Gasteiger partial charge in [-0.15, -0.1) is 0 Å². The first-order valence-corrected chi connectivity index (χ1v) is 11.0. The molecule has 0 aliphatic rings. The van der Waals surface area contributed by atoms with Gasteiger partial charge in [0.05, 0.1) is 24.3 Å². The Hall–Kier alpha value is -4.13. The second-order valence-corrected chi connectivity index (χ2v) is 8.73. The Labute approximate surface area is 195 Å². The van der Waals surface area contributed by atoms with Gasteiger partial charge in [-0.2, -0.15) is 5.10 Å². The molecule has 34 heavy (non-hydrogen) atoms. The van der Waals surface area contributed by atoms with Crippen molar-refractivity contribution in [2.75, 3.05) is 7.11 Å². The summed E-state index contributed by atoms with van der Waals surface area (Å²) in [6.07, 6.45) is 1.77. The highest BCUT2D eigenvalue weighted by Gasteiger charge is 2.25. The topological polar surface area (TPSA) is 80.1 Å². The maximum absolute atomic E-state index is 13.8. The predicted octanol–water partition coefficient (Wildman–Crippen LogP) is 6.45. The van der Waals surface area contributed by atoms with E-state index in [4.69, 9.17) is 4.74 Å². The number of nitrogens with one attached hydrogen (secondary N) is 1. The number of aromatic carboxylic acids is 1. The molecule has 0 saturated carbocycles. The molecule has 0 saturated heterocycles. The maximum Gasteiger partial charge on any atom is 0.339 e. The van der Waals surface area contributed by atoms with E-state index < -0.39 is 5.97 Å². The third-order valence-corrected chi connectivity index (χ3v) is 6.19. The van der Waals surface area contributed by atoms with E-state index in [1.54, 1.807) is 24.4 Å². The van der Waals surface area contributed by atoms with Gasteiger partial charge in [0.2, 0.25) is 0 Å². The van der Waals surface area contributed by atoms with Gasteiger partial charge in [0.15, 0.2) is 0 Å². The second-order valence-electron chi connectivity index (χ2n) is 8.73. The summed E-state index contributed by atoms with van der Waals surface area (Å²) in [6.45, 7) is 6.04. The number of benzene rings is 3. The van der Waals surface area contributed by atoms with Gasteiger partial charge in [-0.3, -0.25) is 5.10 Å². The number of hydrogen-bond acceptors (Lipinski definition) is 3. The van der Waals surface area contributed by atoms with Crippen LogP contribution in [0.4, 0.5) is 4.39 Å². The van der Waals surface area contributed by atoms with Gasteiger partial charge in [-0.25, -0.2) is 9.18 Å². The fourth-order valence-corrected chi connectivity index (χ4v) is 4.81. The average Bonchev–Trinajstić information content (AvgIpc) is 3.39. The summed E-state index contributed by atoms with van der Waals surface area (Å²) in [4.78, 5) is 12.1. The Balaban J connectivity index is 1.95. The van der Waals surface area contributed by atoms with Crippen LogP contribution in [-0.4, -0.2) is 33.0 Å². The summed E-state index contributed by atoms with van der Waals surface area (Å²) in [5.41, 5.74) is 6.20. The molecule has 0 atom stereocenters. The molecular weight excluding hydrogens is 433 g/mol. The van der Waals surface area contributed by atoms with E-state index in [2.05, 4.69) is 34.7 Å². The fraction of sp³-hybridized carbons (Fsp3) is 0.185. The molecule has 0 spiro atoms. The predicted molar refractivity (Wildman–Crippen MR) is 131 cm³/mol. The number of methoxy groups -OCH3 is 1. The van der Waals surface area contributed by atoms with Gasteiger partial charge in [0.25, 0.3) is 0 Å². The van der Waals surface area contributed by atoms with Gasteiger partial charge < -0.3 is 14.4 Å². The highest BCUT2D eigenvalue weighted by molar-refractivity contribution is 6.06. The van der Waals surface area contributed by atoms with Crippen LogP contribution in [0, 0.1) is 12.7 Å². The van der Waals surface area contributed by atoms with Crippen LogP contribution >= 0.6 is 0 Å². The van der Waals surface area contributed by atoms with Crippen molar-refractivity contribution in [2.45, 2.75) is 26.7 Å². The van der Waals surface area contributed by atoms with Crippen LogP contribution in [-0.2, 0) is 0 Å². The summed E-state index contributed by atoms with van der Waals surface area (Å²) in [5, 5.41) is 19.0. The molecule has 0 aliphatic carbocycles. The number of carbonyl (C=O) groups is 1. The zero-order chi connectivity index (χ0) is 24.1. The zero-order valence-electron chi connectivity index (χ0n) is 19.3. The number of aromatic amines is 1. The highest BCUT2D eigenvalue weighted by Crippen LogP contribution is 2.43. The lowest BCUT2D eigenvalue weighted by atomic mass is 9.93. The molecule has 3 aromatic carbocycles. The van der Waals surface area contributed by atoms with Crippen molar-refractivity contribution in [3.8, 4) is 22.6 Å². The van der Waals surface area contributed by atoms with Crippen LogP contribution in [0.2, 0.25) is 0 Å². The standard InChI is InChI=1S/C27H24FN3O3/c1-14(2)25-24(16-9-15(3)26(34-4)21(10-16)27(32)33)20-12-22-17(13-29-30-22)11-23(20)31(25)19-7-5-18(28)6-8-19/h5-14H,1-4H3,(H,29,30)(H,32,33). The van der Waals surface area contributed by atoms with E-state index in [1.165, 1.54) is 19.2 Å². The Bertz CT molecular complexity index is 1560. The molecule has 2 heterocycles. The molecule has 0 bridgehead atoms. The molecule has 7 heteroatoms. The second kappa shape index (κ2) is 8.02. The minimum Gasteiger partial charge on any atom is -0.496 e. The Morgan fingerprint density at radius 3 is 2.53 bits per heavy atom. The number of rotatable bonds is 5. The number of halogens is 1. The van der Waals surface area contributed by atoms with Crippen molar-refractivity contribution < 1.29 is 19.0 Å². The molecule has 0 amide bonds. The number of ether oxygens (including phenoxy) is 1. The summed E-state index contributed by atoms with van der Waals surface area (Å²) >= 11 is 0. The first-order chi connectivity index (χ1) is 16.3. The van der Waals surface area contributed by atoms with Crippen LogP contribution in [0.15, 0.2) is 54.7 Å². The summed E-state index contributed by atoms with van der Waals surface area (Å²) in [7, 11) is 1.48. The minimum atomic E-state index is -1.05. The van der Waals surface area contributed by atoms with Crippen molar-refractivity contribution in [2.24, 2.45) is 0 Å². The van der Waals surface area contributed by atoms with Crippen LogP contribution in [0.25, 0.3) is 38.6 Å². The van der Waals surface area contributed by atoms with E-state index in [0.29, 0.717) is 5.75 Å². The molecule has 2 N–H and O–H groups in total. The lowest BCUT2D eigenvalue weighted by Crippen LogP contribution is -2.05. The molecule has 6 nitrogen and oxygen atoms in total. The van der Waals surface area contributed by atoms with Crippen molar-refractivity contribution in [3.05, 3.63) is 77.4 Å². The Morgan fingerprint density at radius 2 is 1.88 bits per heavy atom. The SMILES string of the molecule is COc1c(C)cc(-c2c(C(C)C)n(-c3ccc(F)cc3)c3cc4cn[nH]c4cc23)cc1C(=O)O. The Morgan fingerprint density at radius 1 is 1.15 bits per heavy atom. The number of nitrogens with zero attached hydrogens (tertiary/aromatic N) is 2. The largest absolute Gasteiger partial charge is 0.496 e. The molecule has 2 aromatic heterocycles. The van der Waals surface area contributed by atoms with Gasteiger partial charge in [0, 0.05) is 27.7 Å². The first kappa shape index (κ1) is 21.7. The molecule has 0 radical (unpaired) electrons. The van der Waals surface area contributed by atoms with E-state index >= 15 is 0 Å². The third kappa shape index (κ3) is 3.32. The van der Waals surface area contributed by atoms with Crippen LogP contribution in [0.5, 0.6) is 5.75 Å². The average molecular weight is 458 g/mol. The van der Waals surface area contributed by atoms with Crippen molar-refractivity contribution in [1.82, 2.24) is 14.8 Å². The molecule has 5 rings (SSSR count). The van der Waals surface area contributed by atoms with Gasteiger partial charge in [0.1, 0.15) is 17.1 Å². The molecular formula is C27H24FN3O3. The normalized spacial score (nSPS) is 11.6. The quantitative estimate of drug-likeness (QED) is 0.318. The molecule has 0 fully saturated rings. The summed E-state index contributed by atoms with van der Waals surface area (Å²) < 4.78 is 21.3. The summed E-state index contributed by atoms with van der Waals surface area (Å²) in [6, 6.07) is 14.1. The number of fused-ring (bicyclic) bond motifs is 2. The van der Waals surface area contributed by atoms with Crippen molar-refractivity contribution in [1.29, 1.82) is 0 Å². The first-order valence-electron chi connectivity index (χ1n) is 11.0. The number of hydrogen-bond donors (Lipinski definition) is 2. The lowest BCUT2D eigenvalue weighted by Gasteiger charge is -2.17. The van der Waals surface area contributed by atoms with E-state index in [0.717, 1.165) is 49.9 Å². The third-order valence-electron chi connectivity index (χ3n) is 6.19. The maximum atomic E-state index is 13.8. The molecule has 0 unspecified atom stereocenters. The van der Waals surface area contributed by atoms with Crippen LogP contribution in [0.1, 0.15) is 41.4 Å². The zero-order valence-corrected chi connectivity index (χ0v) is 19.3. The van der Waals surface area contributed by atoms with Gasteiger partial charge in [-0.05, 0) is 72.5 Å². The van der Waals surface area contributed by atoms with Crippen molar-refractivity contribution in [3.63, 3.8) is 0 Å². The van der Waals surface area contributed by atoms with Crippen molar-refractivity contribution >= 4 is 27.8 Å². The minimum absolute atomic E-state index is 0.0830. The molecule has 172 valence electrons. The van der Waals surface area contributed by atoms with Crippen LogP contribution < -0.4 is 4.74 Å². The highest BCUT2D eigenvalue weighted by atomic mass is 19.1. The summed E-state index contributed by atoms with van der Waals surface area (Å²) in [5.74, 6) is -0.924.